The van der Waals surface area contributed by atoms with E-state index in [1.54, 1.807) is 18.4 Å². The molecule has 1 N–H and O–H groups in total. The van der Waals surface area contributed by atoms with Crippen LogP contribution in [0.5, 0.6) is 5.88 Å². The Hall–Kier alpha value is -0.720. The van der Waals surface area contributed by atoms with Crippen LogP contribution in [0.2, 0.25) is 0 Å². The first-order chi connectivity index (χ1) is 8.76. The van der Waals surface area contributed by atoms with Crippen LogP contribution in [0.3, 0.4) is 0 Å². The van der Waals surface area contributed by atoms with Gasteiger partial charge in [-0.05, 0) is 24.5 Å². The second-order valence-electron chi connectivity index (χ2n) is 4.31. The molecule has 2 aromatic rings. The molecule has 4 nitrogen and oxygen atoms in total. The van der Waals surface area contributed by atoms with Gasteiger partial charge in [-0.2, -0.15) is 16.7 Å². The summed E-state index contributed by atoms with van der Waals surface area (Å²) in [5, 5.41) is 5.52. The average molecular weight is 285 g/mol. The Morgan fingerprint density at radius 2 is 2.44 bits per heavy atom. The number of aromatic nitrogens is 2. The quantitative estimate of drug-likeness (QED) is 0.848. The highest BCUT2D eigenvalue weighted by atomic mass is 32.2. The maximum atomic E-state index is 5.32. The fraction of sp³-hybridized carbons (Fsp3) is 0.583. The molecule has 0 saturated heterocycles. The minimum Gasteiger partial charge on any atom is -0.480 e. The van der Waals surface area contributed by atoms with Crippen LogP contribution in [0, 0.1) is 5.92 Å². The summed E-state index contributed by atoms with van der Waals surface area (Å²) in [5.41, 5.74) is 1.10. The van der Waals surface area contributed by atoms with Crippen LogP contribution < -0.4 is 10.1 Å². The van der Waals surface area contributed by atoms with Crippen LogP contribution in [0.1, 0.15) is 12.6 Å². The van der Waals surface area contributed by atoms with E-state index < -0.39 is 0 Å². The van der Waals surface area contributed by atoms with Crippen molar-refractivity contribution < 1.29 is 4.74 Å². The lowest BCUT2D eigenvalue weighted by atomic mass is 10.2. The van der Waals surface area contributed by atoms with Crippen molar-refractivity contribution in [2.75, 3.05) is 25.7 Å². The molecule has 1 atom stereocenters. The number of thioether (sulfide) groups is 1. The molecule has 1 unspecified atom stereocenters. The topological polar surface area (TPSA) is 38.6 Å². The molecule has 0 aliphatic rings. The Kier molecular flexibility index (Phi) is 4.91. The van der Waals surface area contributed by atoms with Crippen LogP contribution in [-0.4, -0.2) is 35.0 Å². The highest BCUT2D eigenvalue weighted by Gasteiger charge is 2.13. The van der Waals surface area contributed by atoms with E-state index in [2.05, 4.69) is 27.9 Å². The molecule has 0 bridgehead atoms. The van der Waals surface area contributed by atoms with Crippen molar-refractivity contribution in [2.24, 2.45) is 5.92 Å². The van der Waals surface area contributed by atoms with Crippen LogP contribution >= 0.6 is 23.1 Å². The largest absolute Gasteiger partial charge is 0.480 e. The lowest BCUT2D eigenvalue weighted by Gasteiger charge is -2.11. The van der Waals surface area contributed by atoms with Crippen molar-refractivity contribution >= 4 is 28.1 Å². The predicted octanol–water partition coefficient (Wildman–Crippen LogP) is 2.49. The van der Waals surface area contributed by atoms with Crippen LogP contribution in [0.25, 0.3) is 4.96 Å². The van der Waals surface area contributed by atoms with Crippen LogP contribution in [-0.2, 0) is 6.54 Å². The van der Waals surface area contributed by atoms with Gasteiger partial charge in [0, 0.05) is 18.1 Å². The van der Waals surface area contributed by atoms with Gasteiger partial charge in [0.15, 0.2) is 4.96 Å². The van der Waals surface area contributed by atoms with E-state index in [0.717, 1.165) is 29.6 Å². The first-order valence-electron chi connectivity index (χ1n) is 5.94. The van der Waals surface area contributed by atoms with E-state index in [1.165, 1.54) is 5.75 Å². The summed E-state index contributed by atoms with van der Waals surface area (Å²) in [6.07, 6.45) is 4.18. The molecule has 0 radical (unpaired) electrons. The molecule has 0 aliphatic carbocycles. The number of thiazole rings is 1. The SMILES string of the molecule is COc1nc2sccn2c1CNCC(C)CSC. The Balaban J connectivity index is 1.99. The maximum absolute atomic E-state index is 5.32. The van der Waals surface area contributed by atoms with Gasteiger partial charge in [0.2, 0.25) is 5.88 Å². The third-order valence-electron chi connectivity index (χ3n) is 2.75. The lowest BCUT2D eigenvalue weighted by molar-refractivity contribution is 0.392. The molecule has 6 heteroatoms. The predicted molar refractivity (Wildman–Crippen MR) is 78.9 cm³/mol. The van der Waals surface area contributed by atoms with Gasteiger partial charge >= 0.3 is 0 Å². The van der Waals surface area contributed by atoms with Gasteiger partial charge in [-0.3, -0.25) is 4.40 Å². The van der Waals surface area contributed by atoms with Crippen LogP contribution in [0.15, 0.2) is 11.6 Å². The lowest BCUT2D eigenvalue weighted by Crippen LogP contribution is -2.22. The monoisotopic (exact) mass is 285 g/mol. The van der Waals surface area contributed by atoms with E-state index in [9.17, 15) is 0 Å². The fourth-order valence-electron chi connectivity index (χ4n) is 1.92. The number of nitrogens with zero attached hydrogens (tertiary/aromatic N) is 2. The molecule has 2 heterocycles. The third-order valence-corrected chi connectivity index (χ3v) is 4.41. The third kappa shape index (κ3) is 2.99. The molecule has 0 amide bonds. The van der Waals surface area contributed by atoms with Crippen molar-refractivity contribution in [3.63, 3.8) is 0 Å². The summed E-state index contributed by atoms with van der Waals surface area (Å²) in [6, 6.07) is 0. The molecule has 2 aromatic heterocycles. The number of fused-ring (bicyclic) bond motifs is 1. The summed E-state index contributed by atoms with van der Waals surface area (Å²) in [6.45, 7) is 4.07. The minimum atomic E-state index is 0.678. The number of imidazole rings is 1. The highest BCUT2D eigenvalue weighted by molar-refractivity contribution is 7.98. The summed E-state index contributed by atoms with van der Waals surface area (Å²) in [7, 11) is 1.67. The Morgan fingerprint density at radius 1 is 1.61 bits per heavy atom. The van der Waals surface area contributed by atoms with E-state index >= 15 is 0 Å². The molecule has 100 valence electrons. The van der Waals surface area contributed by atoms with Gasteiger partial charge in [-0.15, -0.1) is 11.3 Å². The zero-order chi connectivity index (χ0) is 13.0. The van der Waals surface area contributed by atoms with Crippen LogP contribution in [0.4, 0.5) is 0 Å². The van der Waals surface area contributed by atoms with Gasteiger partial charge in [0.25, 0.3) is 0 Å². The smallest absolute Gasteiger partial charge is 0.237 e. The molecule has 0 saturated carbocycles. The summed E-state index contributed by atoms with van der Waals surface area (Å²) >= 11 is 3.51. The second-order valence-corrected chi connectivity index (χ2v) is 6.10. The summed E-state index contributed by atoms with van der Waals surface area (Å²) in [5.74, 6) is 2.59. The summed E-state index contributed by atoms with van der Waals surface area (Å²) in [4.78, 5) is 5.43. The number of ether oxygens (including phenoxy) is 1. The Labute approximate surface area is 116 Å². The number of hydrogen-bond donors (Lipinski definition) is 1. The van der Waals surface area contributed by atoms with E-state index in [-0.39, 0.29) is 0 Å². The Bertz CT molecular complexity index is 494. The first-order valence-corrected chi connectivity index (χ1v) is 8.21. The van der Waals surface area contributed by atoms with Crippen molar-refractivity contribution in [2.45, 2.75) is 13.5 Å². The van der Waals surface area contributed by atoms with Gasteiger partial charge < -0.3 is 10.1 Å². The van der Waals surface area contributed by atoms with Gasteiger partial charge in [-0.25, -0.2) is 0 Å². The molecular formula is C12H19N3OS2. The average Bonchev–Trinajstić information content (AvgIpc) is 2.91. The van der Waals surface area contributed by atoms with Crippen molar-refractivity contribution in [3.05, 3.63) is 17.3 Å². The van der Waals surface area contributed by atoms with E-state index in [1.807, 2.05) is 23.3 Å². The summed E-state index contributed by atoms with van der Waals surface area (Å²) < 4.78 is 7.42. The molecule has 0 aromatic carbocycles. The number of nitrogens with one attached hydrogen (secondary N) is 1. The van der Waals surface area contributed by atoms with E-state index in [4.69, 9.17) is 4.74 Å². The standard InChI is InChI=1S/C12H19N3OS2/c1-9(8-17-3)6-13-7-10-11(16-2)14-12-15(10)4-5-18-12/h4-5,9,13H,6-8H2,1-3H3. The zero-order valence-electron chi connectivity index (χ0n) is 11.0. The fourth-order valence-corrected chi connectivity index (χ4v) is 3.33. The number of hydrogen-bond acceptors (Lipinski definition) is 5. The van der Waals surface area contributed by atoms with Crippen molar-refractivity contribution in [3.8, 4) is 5.88 Å². The first kappa shape index (κ1) is 13.7. The normalized spacial score (nSPS) is 13.1. The molecule has 2 rings (SSSR count). The maximum Gasteiger partial charge on any atom is 0.237 e. The van der Waals surface area contributed by atoms with Gasteiger partial charge in [0.05, 0.1) is 7.11 Å². The van der Waals surface area contributed by atoms with Gasteiger partial charge in [0.1, 0.15) is 5.69 Å². The molecule has 18 heavy (non-hydrogen) atoms. The minimum absolute atomic E-state index is 0.678. The zero-order valence-corrected chi connectivity index (χ0v) is 12.6. The van der Waals surface area contributed by atoms with E-state index in [0.29, 0.717) is 5.92 Å². The van der Waals surface area contributed by atoms with Crippen molar-refractivity contribution in [1.82, 2.24) is 14.7 Å². The van der Waals surface area contributed by atoms with Crippen molar-refractivity contribution in [1.29, 1.82) is 0 Å². The number of rotatable bonds is 7. The van der Waals surface area contributed by atoms with Gasteiger partial charge in [-0.1, -0.05) is 6.92 Å². The number of methoxy groups -OCH3 is 1. The molecular weight excluding hydrogens is 266 g/mol. The second kappa shape index (κ2) is 6.45. The Morgan fingerprint density at radius 3 is 3.17 bits per heavy atom. The molecule has 0 fully saturated rings. The molecule has 0 spiro atoms. The molecule has 0 aliphatic heterocycles. The highest BCUT2D eigenvalue weighted by Crippen LogP contribution is 2.22.